The smallest absolute Gasteiger partial charge is 0.226 e. The molecule has 0 fully saturated rings. The average molecular weight is 363 g/mol. The number of hydrogen-bond acceptors (Lipinski definition) is 5. The Morgan fingerprint density at radius 3 is 2.68 bits per heavy atom. The van der Waals surface area contributed by atoms with Gasteiger partial charge in [-0.2, -0.15) is 9.97 Å². The van der Waals surface area contributed by atoms with E-state index in [1.54, 1.807) is 12.4 Å². The Morgan fingerprint density at radius 1 is 1.28 bits per heavy atom. The van der Waals surface area contributed by atoms with Crippen molar-refractivity contribution >= 4 is 28.5 Å². The van der Waals surface area contributed by atoms with Crippen LogP contribution in [0.5, 0.6) is 0 Å². The Kier molecular flexibility index (Phi) is 5.15. The second kappa shape index (κ2) is 7.33. The quantitative estimate of drug-likeness (QED) is 0.585. The molecule has 132 valence electrons. The van der Waals surface area contributed by atoms with Crippen molar-refractivity contribution < 1.29 is 4.39 Å². The third-order valence-corrected chi connectivity index (χ3v) is 4.31. The zero-order valence-electron chi connectivity index (χ0n) is 14.1. The molecule has 3 aromatic heterocycles. The highest BCUT2D eigenvalue weighted by Gasteiger charge is 2.20. The van der Waals surface area contributed by atoms with E-state index >= 15 is 0 Å². The average Bonchev–Trinajstić information content (AvgIpc) is 2.89. The van der Waals surface area contributed by atoms with E-state index in [0.717, 1.165) is 5.56 Å². The molecule has 0 saturated carbocycles. The number of rotatable bonds is 6. The number of hydrogen-bond donors (Lipinski definition) is 3. The van der Waals surface area contributed by atoms with Crippen LogP contribution in [0.25, 0.3) is 11.0 Å². The fraction of sp³-hybridized carbons (Fsp3) is 0.353. The van der Waals surface area contributed by atoms with Gasteiger partial charge in [0.05, 0.1) is 11.1 Å². The molecule has 0 amide bonds. The van der Waals surface area contributed by atoms with Crippen molar-refractivity contribution in [1.29, 1.82) is 0 Å². The minimum absolute atomic E-state index is 0.0469. The zero-order valence-corrected chi connectivity index (χ0v) is 14.8. The van der Waals surface area contributed by atoms with Gasteiger partial charge >= 0.3 is 0 Å². The fourth-order valence-corrected chi connectivity index (χ4v) is 2.68. The summed E-state index contributed by atoms with van der Waals surface area (Å²) >= 11 is 5.98. The highest BCUT2D eigenvalue weighted by atomic mass is 35.5. The molecule has 25 heavy (non-hydrogen) atoms. The lowest BCUT2D eigenvalue weighted by molar-refractivity contribution is 0.477. The number of nitrogens with two attached hydrogens (primary N) is 1. The molecule has 4 N–H and O–H groups in total. The van der Waals surface area contributed by atoms with Crippen LogP contribution in [0.3, 0.4) is 0 Å². The molecule has 0 spiro atoms. The fourth-order valence-electron chi connectivity index (χ4n) is 2.51. The van der Waals surface area contributed by atoms with Gasteiger partial charge in [0, 0.05) is 31.4 Å². The molecule has 0 saturated heterocycles. The van der Waals surface area contributed by atoms with E-state index in [-0.39, 0.29) is 23.1 Å². The molecular formula is C17H20ClFN6. The zero-order chi connectivity index (χ0) is 18.0. The summed E-state index contributed by atoms with van der Waals surface area (Å²) in [6.45, 7) is 4.48. The van der Waals surface area contributed by atoms with Gasteiger partial charge in [-0.15, -0.1) is 0 Å². The molecule has 8 heteroatoms. The summed E-state index contributed by atoms with van der Waals surface area (Å²) in [6.07, 6.45) is 3.78. The van der Waals surface area contributed by atoms with Crippen molar-refractivity contribution in [3.05, 3.63) is 46.9 Å². The predicted octanol–water partition coefficient (Wildman–Crippen LogP) is 3.28. The van der Waals surface area contributed by atoms with Crippen molar-refractivity contribution in [3.63, 3.8) is 0 Å². The third kappa shape index (κ3) is 3.88. The molecule has 1 atom stereocenters. The number of anilines is 1. The summed E-state index contributed by atoms with van der Waals surface area (Å²) in [7, 11) is 0. The molecule has 3 heterocycles. The van der Waals surface area contributed by atoms with E-state index in [0.29, 0.717) is 35.5 Å². The lowest BCUT2D eigenvalue weighted by atomic mass is 10.0. The number of nitrogens with zero attached hydrogens (tertiary/aromatic N) is 3. The minimum atomic E-state index is -0.389. The first-order chi connectivity index (χ1) is 12.0. The Labute approximate surface area is 150 Å². The summed E-state index contributed by atoms with van der Waals surface area (Å²) in [5, 5.41) is 3.46. The van der Waals surface area contributed by atoms with Gasteiger partial charge in [0.1, 0.15) is 11.5 Å². The molecule has 0 aliphatic heterocycles. The molecule has 0 aliphatic rings. The summed E-state index contributed by atoms with van der Waals surface area (Å²) < 4.78 is 14.9. The highest BCUT2D eigenvalue weighted by molar-refractivity contribution is 6.28. The molecule has 0 unspecified atom stereocenters. The van der Waals surface area contributed by atoms with Gasteiger partial charge in [-0.05, 0) is 35.2 Å². The maximum atomic E-state index is 14.9. The van der Waals surface area contributed by atoms with Gasteiger partial charge in [0.15, 0.2) is 5.82 Å². The van der Waals surface area contributed by atoms with Crippen LogP contribution in [0.15, 0.2) is 24.5 Å². The number of nitrogens with one attached hydrogen (secondary N) is 2. The Bertz CT molecular complexity index is 864. The second-order valence-corrected chi connectivity index (χ2v) is 6.64. The van der Waals surface area contributed by atoms with E-state index in [1.165, 1.54) is 0 Å². The summed E-state index contributed by atoms with van der Waals surface area (Å²) in [5.41, 5.74) is 7.85. The first-order valence-corrected chi connectivity index (χ1v) is 8.45. The van der Waals surface area contributed by atoms with Crippen molar-refractivity contribution in [2.45, 2.75) is 32.9 Å². The number of pyridine rings is 1. The van der Waals surface area contributed by atoms with Crippen LogP contribution in [0, 0.1) is 11.7 Å². The summed E-state index contributed by atoms with van der Waals surface area (Å²) in [5.74, 6) is 0.203. The largest absolute Gasteiger partial charge is 0.365 e. The predicted molar refractivity (Wildman–Crippen MR) is 96.9 cm³/mol. The molecule has 0 aliphatic carbocycles. The Balaban J connectivity index is 1.93. The normalized spacial score (nSPS) is 12.7. The first kappa shape index (κ1) is 17.6. The molecule has 0 radical (unpaired) electrons. The van der Waals surface area contributed by atoms with Crippen LogP contribution in [0.2, 0.25) is 5.28 Å². The summed E-state index contributed by atoms with van der Waals surface area (Å²) in [4.78, 5) is 15.2. The van der Waals surface area contributed by atoms with Crippen LogP contribution in [-0.4, -0.2) is 26.0 Å². The highest BCUT2D eigenvalue weighted by Crippen LogP contribution is 2.28. The van der Waals surface area contributed by atoms with Crippen LogP contribution in [0.4, 0.5) is 10.2 Å². The van der Waals surface area contributed by atoms with Gasteiger partial charge in [-0.25, -0.2) is 4.39 Å². The second-order valence-electron chi connectivity index (χ2n) is 6.30. The van der Waals surface area contributed by atoms with Gasteiger partial charge in [0.2, 0.25) is 5.28 Å². The van der Waals surface area contributed by atoms with Crippen molar-refractivity contribution in [3.8, 4) is 0 Å². The topological polar surface area (TPSA) is 92.5 Å². The minimum Gasteiger partial charge on any atom is -0.365 e. The number of halogens is 2. The number of H-pyrrole nitrogens is 1. The van der Waals surface area contributed by atoms with Crippen molar-refractivity contribution in [2.75, 3.05) is 5.32 Å². The monoisotopic (exact) mass is 362 g/mol. The third-order valence-electron chi connectivity index (χ3n) is 4.14. The van der Waals surface area contributed by atoms with E-state index in [2.05, 4.69) is 25.3 Å². The van der Waals surface area contributed by atoms with E-state index < -0.39 is 0 Å². The number of aromatic nitrogens is 4. The molecule has 6 nitrogen and oxygen atoms in total. The van der Waals surface area contributed by atoms with Gasteiger partial charge in [-0.3, -0.25) is 4.98 Å². The van der Waals surface area contributed by atoms with Gasteiger partial charge in [-0.1, -0.05) is 13.8 Å². The maximum Gasteiger partial charge on any atom is 0.226 e. The van der Waals surface area contributed by atoms with Crippen molar-refractivity contribution in [2.24, 2.45) is 11.7 Å². The Hall–Kier alpha value is -2.25. The molecule has 0 aromatic carbocycles. The van der Waals surface area contributed by atoms with Gasteiger partial charge < -0.3 is 16.0 Å². The maximum absolute atomic E-state index is 14.9. The SMILES string of the molecule is CC(C)[C@H](N)Cc1[nH]c2nc(Cl)nc(NCc3ccncc3)c2c1F. The molecule has 0 bridgehead atoms. The Morgan fingerprint density at radius 2 is 2.00 bits per heavy atom. The number of aromatic amines is 1. The first-order valence-electron chi connectivity index (χ1n) is 8.07. The van der Waals surface area contributed by atoms with Crippen LogP contribution >= 0.6 is 11.6 Å². The van der Waals surface area contributed by atoms with Crippen LogP contribution in [-0.2, 0) is 13.0 Å². The number of fused-ring (bicyclic) bond motifs is 1. The summed E-state index contributed by atoms with van der Waals surface area (Å²) in [6, 6.07) is 3.58. The molecule has 3 aromatic rings. The standard InChI is InChI=1S/C17H20ClFN6/c1-9(2)11(20)7-12-14(19)13-15(24-17(18)25-16(13)23-12)22-8-10-3-5-21-6-4-10/h3-6,9,11H,7-8,20H2,1-2H3,(H2,22,23,24,25)/t11-/m1/s1. The molecule has 3 rings (SSSR count). The van der Waals surface area contributed by atoms with Crippen LogP contribution < -0.4 is 11.1 Å². The van der Waals surface area contributed by atoms with E-state index in [9.17, 15) is 4.39 Å². The van der Waals surface area contributed by atoms with Gasteiger partial charge in [0.25, 0.3) is 0 Å². The van der Waals surface area contributed by atoms with E-state index in [1.807, 2.05) is 26.0 Å². The van der Waals surface area contributed by atoms with Crippen molar-refractivity contribution in [1.82, 2.24) is 19.9 Å². The van der Waals surface area contributed by atoms with E-state index in [4.69, 9.17) is 17.3 Å². The van der Waals surface area contributed by atoms with Crippen LogP contribution in [0.1, 0.15) is 25.1 Å². The lowest BCUT2D eigenvalue weighted by Gasteiger charge is -2.14. The lowest BCUT2D eigenvalue weighted by Crippen LogP contribution is -2.29. The molecular weight excluding hydrogens is 343 g/mol.